The SMILES string of the molecule is CNC(c1cccc(Cl)c1)C1CN(C)CCO1. The molecule has 94 valence electrons. The molecule has 2 unspecified atom stereocenters. The first-order valence-corrected chi connectivity index (χ1v) is 6.31. The van der Waals surface area contributed by atoms with Crippen molar-refractivity contribution in [1.82, 2.24) is 10.2 Å². The second-order valence-electron chi connectivity index (χ2n) is 4.49. The maximum atomic E-state index is 6.03. The van der Waals surface area contributed by atoms with Gasteiger partial charge in [0.05, 0.1) is 18.8 Å². The van der Waals surface area contributed by atoms with Crippen LogP contribution in [0.4, 0.5) is 0 Å². The summed E-state index contributed by atoms with van der Waals surface area (Å²) in [6.45, 7) is 2.74. The van der Waals surface area contributed by atoms with E-state index in [4.69, 9.17) is 16.3 Å². The third-order valence-corrected chi connectivity index (χ3v) is 3.42. The topological polar surface area (TPSA) is 24.5 Å². The first-order chi connectivity index (χ1) is 8.20. The number of halogens is 1. The van der Waals surface area contributed by atoms with Crippen molar-refractivity contribution in [2.24, 2.45) is 0 Å². The van der Waals surface area contributed by atoms with Crippen LogP contribution >= 0.6 is 11.6 Å². The molecule has 1 fully saturated rings. The van der Waals surface area contributed by atoms with Crippen LogP contribution < -0.4 is 5.32 Å². The molecular formula is C13H19ClN2O. The van der Waals surface area contributed by atoms with Crippen molar-refractivity contribution in [3.8, 4) is 0 Å². The van der Waals surface area contributed by atoms with E-state index in [-0.39, 0.29) is 12.1 Å². The van der Waals surface area contributed by atoms with Crippen LogP contribution in [0.25, 0.3) is 0 Å². The van der Waals surface area contributed by atoms with Crippen LogP contribution in [0.3, 0.4) is 0 Å². The molecule has 1 N–H and O–H groups in total. The summed E-state index contributed by atoms with van der Waals surface area (Å²) in [7, 11) is 4.09. The Kier molecular flexibility index (Phi) is 4.40. The molecule has 0 aromatic heterocycles. The molecule has 1 aromatic rings. The number of nitrogens with zero attached hydrogens (tertiary/aromatic N) is 1. The molecule has 1 aliphatic rings. The number of hydrogen-bond donors (Lipinski definition) is 1. The molecule has 0 amide bonds. The van der Waals surface area contributed by atoms with Gasteiger partial charge in [-0.05, 0) is 31.8 Å². The fraction of sp³-hybridized carbons (Fsp3) is 0.538. The summed E-state index contributed by atoms with van der Waals surface area (Å²) in [6.07, 6.45) is 0.178. The van der Waals surface area contributed by atoms with Crippen molar-refractivity contribution in [2.75, 3.05) is 33.8 Å². The molecule has 1 aromatic carbocycles. The Morgan fingerprint density at radius 2 is 2.35 bits per heavy atom. The Morgan fingerprint density at radius 3 is 3.00 bits per heavy atom. The monoisotopic (exact) mass is 254 g/mol. The normalized spacial score (nSPS) is 23.6. The highest BCUT2D eigenvalue weighted by molar-refractivity contribution is 6.30. The van der Waals surface area contributed by atoms with Gasteiger partial charge in [0.25, 0.3) is 0 Å². The van der Waals surface area contributed by atoms with Gasteiger partial charge in [-0.25, -0.2) is 0 Å². The Morgan fingerprint density at radius 1 is 1.53 bits per heavy atom. The zero-order chi connectivity index (χ0) is 12.3. The number of nitrogens with one attached hydrogen (secondary N) is 1. The number of hydrogen-bond acceptors (Lipinski definition) is 3. The molecule has 0 spiro atoms. The van der Waals surface area contributed by atoms with Crippen LogP contribution in [-0.2, 0) is 4.74 Å². The molecule has 3 nitrogen and oxygen atoms in total. The van der Waals surface area contributed by atoms with Crippen molar-refractivity contribution in [2.45, 2.75) is 12.1 Å². The lowest BCUT2D eigenvalue weighted by atomic mass is 10.0. The van der Waals surface area contributed by atoms with Gasteiger partial charge in [-0.1, -0.05) is 23.7 Å². The van der Waals surface area contributed by atoms with Crippen molar-refractivity contribution >= 4 is 11.6 Å². The highest BCUT2D eigenvalue weighted by Crippen LogP contribution is 2.24. The Balaban J connectivity index is 2.15. The third kappa shape index (κ3) is 3.19. The van der Waals surface area contributed by atoms with Gasteiger partial charge in [0.1, 0.15) is 0 Å². The average molecular weight is 255 g/mol. The minimum absolute atomic E-state index is 0.178. The lowest BCUT2D eigenvalue weighted by Crippen LogP contribution is -2.46. The van der Waals surface area contributed by atoms with Gasteiger partial charge in [-0.2, -0.15) is 0 Å². The average Bonchev–Trinajstić information content (AvgIpc) is 2.30. The predicted octanol–water partition coefficient (Wildman–Crippen LogP) is 1.93. The summed E-state index contributed by atoms with van der Waals surface area (Å²) in [5.74, 6) is 0. The molecule has 4 heteroatoms. The minimum atomic E-state index is 0.178. The van der Waals surface area contributed by atoms with E-state index >= 15 is 0 Å². The fourth-order valence-corrected chi connectivity index (χ4v) is 2.48. The number of rotatable bonds is 3. The Hall–Kier alpha value is -0.610. The molecule has 0 bridgehead atoms. The van der Waals surface area contributed by atoms with E-state index in [1.807, 2.05) is 25.2 Å². The molecule has 0 radical (unpaired) electrons. The molecule has 1 aliphatic heterocycles. The Bertz CT molecular complexity index is 372. The van der Waals surface area contributed by atoms with Crippen LogP contribution in [-0.4, -0.2) is 44.8 Å². The summed E-state index contributed by atoms with van der Waals surface area (Å²) in [5, 5.41) is 4.10. The molecule has 17 heavy (non-hydrogen) atoms. The molecule has 0 aliphatic carbocycles. The van der Waals surface area contributed by atoms with E-state index in [0.29, 0.717) is 0 Å². The van der Waals surface area contributed by atoms with Gasteiger partial charge < -0.3 is 15.0 Å². The maximum absolute atomic E-state index is 6.03. The van der Waals surface area contributed by atoms with Gasteiger partial charge in [0, 0.05) is 18.1 Å². The summed E-state index contributed by atoms with van der Waals surface area (Å²) in [6, 6.07) is 8.16. The van der Waals surface area contributed by atoms with E-state index in [0.717, 1.165) is 24.7 Å². The molecule has 2 atom stereocenters. The second-order valence-corrected chi connectivity index (χ2v) is 4.93. The van der Waals surface area contributed by atoms with Crippen molar-refractivity contribution in [3.05, 3.63) is 34.9 Å². The van der Waals surface area contributed by atoms with Gasteiger partial charge in [0.15, 0.2) is 0 Å². The molecule has 0 saturated carbocycles. The van der Waals surface area contributed by atoms with E-state index < -0.39 is 0 Å². The smallest absolute Gasteiger partial charge is 0.0896 e. The highest BCUT2D eigenvalue weighted by Gasteiger charge is 2.26. The summed E-state index contributed by atoms with van der Waals surface area (Å²) >= 11 is 6.03. The summed E-state index contributed by atoms with van der Waals surface area (Å²) < 4.78 is 5.85. The van der Waals surface area contributed by atoms with E-state index in [2.05, 4.69) is 23.3 Å². The second kappa shape index (κ2) is 5.83. The Labute approximate surface area is 108 Å². The zero-order valence-electron chi connectivity index (χ0n) is 10.3. The van der Waals surface area contributed by atoms with Crippen molar-refractivity contribution < 1.29 is 4.74 Å². The lowest BCUT2D eigenvalue weighted by Gasteiger charge is -2.35. The van der Waals surface area contributed by atoms with Crippen LogP contribution in [0.5, 0.6) is 0 Å². The van der Waals surface area contributed by atoms with Crippen LogP contribution in [0.15, 0.2) is 24.3 Å². The minimum Gasteiger partial charge on any atom is -0.374 e. The van der Waals surface area contributed by atoms with E-state index in [1.54, 1.807) is 0 Å². The molecule has 2 rings (SSSR count). The molecule has 1 saturated heterocycles. The van der Waals surface area contributed by atoms with Crippen molar-refractivity contribution in [1.29, 1.82) is 0 Å². The predicted molar refractivity (Wildman–Crippen MR) is 70.5 cm³/mol. The van der Waals surface area contributed by atoms with Crippen LogP contribution in [0, 0.1) is 0 Å². The fourth-order valence-electron chi connectivity index (χ4n) is 2.28. The summed E-state index contributed by atoms with van der Waals surface area (Å²) in [4.78, 5) is 2.29. The highest BCUT2D eigenvalue weighted by atomic mass is 35.5. The quantitative estimate of drug-likeness (QED) is 0.892. The molecular weight excluding hydrogens is 236 g/mol. The maximum Gasteiger partial charge on any atom is 0.0896 e. The zero-order valence-corrected chi connectivity index (χ0v) is 11.1. The molecule has 1 heterocycles. The number of likely N-dealkylation sites (N-methyl/N-ethyl adjacent to an activating group) is 2. The van der Waals surface area contributed by atoms with Crippen molar-refractivity contribution in [3.63, 3.8) is 0 Å². The summed E-state index contributed by atoms with van der Waals surface area (Å²) in [5.41, 5.74) is 1.18. The number of benzene rings is 1. The van der Waals surface area contributed by atoms with Crippen LogP contribution in [0.1, 0.15) is 11.6 Å². The van der Waals surface area contributed by atoms with Gasteiger partial charge >= 0.3 is 0 Å². The van der Waals surface area contributed by atoms with E-state index in [1.165, 1.54) is 5.56 Å². The van der Waals surface area contributed by atoms with Gasteiger partial charge in [0.2, 0.25) is 0 Å². The first kappa shape index (κ1) is 12.8. The van der Waals surface area contributed by atoms with Crippen LogP contribution in [0.2, 0.25) is 5.02 Å². The van der Waals surface area contributed by atoms with E-state index in [9.17, 15) is 0 Å². The first-order valence-electron chi connectivity index (χ1n) is 5.93. The standard InChI is InChI=1S/C13H19ClN2O/c1-15-13(10-4-3-5-11(14)8-10)12-9-16(2)6-7-17-12/h3-5,8,12-13,15H,6-7,9H2,1-2H3. The third-order valence-electron chi connectivity index (χ3n) is 3.19. The van der Waals surface area contributed by atoms with Gasteiger partial charge in [-0.3, -0.25) is 0 Å². The number of ether oxygens (including phenoxy) is 1. The largest absolute Gasteiger partial charge is 0.374 e. The lowest BCUT2D eigenvalue weighted by molar-refractivity contribution is -0.0380. The number of morpholine rings is 1. The van der Waals surface area contributed by atoms with Gasteiger partial charge in [-0.15, -0.1) is 0 Å².